The summed E-state index contributed by atoms with van der Waals surface area (Å²) in [4.78, 5) is 0. The maximum absolute atomic E-state index is 6.02. The van der Waals surface area contributed by atoms with E-state index in [4.69, 9.17) is 5.73 Å². The molecule has 16 heavy (non-hydrogen) atoms. The minimum absolute atomic E-state index is 0.0873. The summed E-state index contributed by atoms with van der Waals surface area (Å²) in [5.41, 5.74) is 11.3. The lowest BCUT2D eigenvalue weighted by molar-refractivity contribution is 0.476. The highest BCUT2D eigenvalue weighted by Crippen LogP contribution is 2.21. The van der Waals surface area contributed by atoms with Gasteiger partial charge in [-0.3, -0.25) is 0 Å². The average molecular weight is 217 g/mol. The summed E-state index contributed by atoms with van der Waals surface area (Å²) in [7, 11) is 0. The van der Waals surface area contributed by atoms with Crippen molar-refractivity contribution in [3.63, 3.8) is 0 Å². The molecule has 0 unspecified atom stereocenters. The number of rotatable bonds is 4. The number of benzene rings is 1. The van der Waals surface area contributed by atoms with Gasteiger partial charge in [-0.15, -0.1) is 0 Å². The standard InChI is InChI=1S/C15H23N/c1-6-13-9-11(2)14(12(3)10-13)7-8-15(4,5)16/h6,9-10H,1,7-8,16H2,2-5H3. The fraction of sp³-hybridized carbons (Fsp3) is 0.467. The average Bonchev–Trinajstić information content (AvgIpc) is 2.14. The normalized spacial score (nSPS) is 11.6. The lowest BCUT2D eigenvalue weighted by Crippen LogP contribution is -2.32. The van der Waals surface area contributed by atoms with Gasteiger partial charge in [0.05, 0.1) is 0 Å². The van der Waals surface area contributed by atoms with Gasteiger partial charge in [0.15, 0.2) is 0 Å². The molecule has 1 heteroatoms. The minimum atomic E-state index is -0.0873. The predicted molar refractivity (Wildman–Crippen MR) is 72.6 cm³/mol. The quantitative estimate of drug-likeness (QED) is 0.819. The Kier molecular flexibility index (Phi) is 3.93. The number of aryl methyl sites for hydroxylation is 2. The summed E-state index contributed by atoms with van der Waals surface area (Å²) in [6, 6.07) is 4.39. The third kappa shape index (κ3) is 3.49. The van der Waals surface area contributed by atoms with E-state index in [0.717, 1.165) is 12.8 Å². The van der Waals surface area contributed by atoms with Crippen molar-refractivity contribution in [2.45, 2.75) is 46.1 Å². The van der Waals surface area contributed by atoms with Gasteiger partial charge in [-0.25, -0.2) is 0 Å². The molecule has 0 saturated carbocycles. The van der Waals surface area contributed by atoms with Crippen LogP contribution in [0, 0.1) is 13.8 Å². The third-order valence-corrected chi connectivity index (χ3v) is 2.97. The summed E-state index contributed by atoms with van der Waals surface area (Å²) in [5, 5.41) is 0. The Morgan fingerprint density at radius 3 is 2.12 bits per heavy atom. The predicted octanol–water partition coefficient (Wildman–Crippen LogP) is 3.62. The van der Waals surface area contributed by atoms with E-state index in [0.29, 0.717) is 0 Å². The zero-order chi connectivity index (χ0) is 12.3. The molecule has 0 aromatic heterocycles. The summed E-state index contributed by atoms with van der Waals surface area (Å²) in [5.74, 6) is 0. The fourth-order valence-corrected chi connectivity index (χ4v) is 1.99. The van der Waals surface area contributed by atoms with Crippen molar-refractivity contribution < 1.29 is 0 Å². The van der Waals surface area contributed by atoms with Gasteiger partial charge in [-0.2, -0.15) is 0 Å². The monoisotopic (exact) mass is 217 g/mol. The van der Waals surface area contributed by atoms with Gasteiger partial charge in [0.25, 0.3) is 0 Å². The van der Waals surface area contributed by atoms with Crippen LogP contribution in [-0.2, 0) is 6.42 Å². The summed E-state index contributed by atoms with van der Waals surface area (Å²) in [6.45, 7) is 12.3. The first-order valence-electron chi connectivity index (χ1n) is 5.85. The summed E-state index contributed by atoms with van der Waals surface area (Å²) >= 11 is 0. The zero-order valence-corrected chi connectivity index (χ0v) is 10.9. The van der Waals surface area contributed by atoms with E-state index in [1.165, 1.54) is 22.3 Å². The highest BCUT2D eigenvalue weighted by Gasteiger charge is 2.12. The second-order valence-corrected chi connectivity index (χ2v) is 5.33. The van der Waals surface area contributed by atoms with E-state index in [2.05, 4.69) is 46.4 Å². The number of hydrogen-bond acceptors (Lipinski definition) is 1. The minimum Gasteiger partial charge on any atom is -0.326 e. The first kappa shape index (κ1) is 13.0. The molecule has 0 aliphatic carbocycles. The van der Waals surface area contributed by atoms with Gasteiger partial charge >= 0.3 is 0 Å². The molecular formula is C15H23N. The van der Waals surface area contributed by atoms with Gasteiger partial charge in [0, 0.05) is 5.54 Å². The molecule has 0 heterocycles. The molecule has 2 N–H and O–H groups in total. The Morgan fingerprint density at radius 2 is 1.75 bits per heavy atom. The van der Waals surface area contributed by atoms with E-state index in [1.54, 1.807) is 0 Å². The van der Waals surface area contributed by atoms with Gasteiger partial charge in [0.2, 0.25) is 0 Å². The molecule has 0 radical (unpaired) electrons. The van der Waals surface area contributed by atoms with Crippen molar-refractivity contribution in [3.8, 4) is 0 Å². The molecule has 0 bridgehead atoms. The molecule has 1 aromatic carbocycles. The topological polar surface area (TPSA) is 26.0 Å². The SMILES string of the molecule is C=Cc1cc(C)c(CCC(C)(C)N)c(C)c1. The maximum Gasteiger partial charge on any atom is 0.0100 e. The lowest BCUT2D eigenvalue weighted by atomic mass is 9.91. The van der Waals surface area contributed by atoms with Crippen molar-refractivity contribution >= 4 is 6.08 Å². The highest BCUT2D eigenvalue weighted by atomic mass is 14.7. The summed E-state index contributed by atoms with van der Waals surface area (Å²) < 4.78 is 0. The smallest absolute Gasteiger partial charge is 0.0100 e. The second kappa shape index (κ2) is 4.84. The van der Waals surface area contributed by atoms with Crippen LogP contribution in [0.3, 0.4) is 0 Å². The van der Waals surface area contributed by atoms with Crippen LogP contribution >= 0.6 is 0 Å². The van der Waals surface area contributed by atoms with Gasteiger partial charge in [0.1, 0.15) is 0 Å². The number of nitrogens with two attached hydrogens (primary N) is 1. The van der Waals surface area contributed by atoms with Gasteiger partial charge < -0.3 is 5.73 Å². The van der Waals surface area contributed by atoms with Crippen LogP contribution in [0.15, 0.2) is 18.7 Å². The molecule has 0 atom stereocenters. The Bertz CT molecular complexity index is 360. The molecule has 0 aliphatic rings. The second-order valence-electron chi connectivity index (χ2n) is 5.33. The van der Waals surface area contributed by atoms with Crippen molar-refractivity contribution in [1.29, 1.82) is 0 Å². The first-order valence-corrected chi connectivity index (χ1v) is 5.85. The van der Waals surface area contributed by atoms with Crippen molar-refractivity contribution in [2.24, 2.45) is 5.73 Å². The molecule has 1 rings (SSSR count). The fourth-order valence-electron chi connectivity index (χ4n) is 1.99. The Hall–Kier alpha value is -1.08. The van der Waals surface area contributed by atoms with Crippen LogP contribution in [0.5, 0.6) is 0 Å². The van der Waals surface area contributed by atoms with Gasteiger partial charge in [-0.1, -0.05) is 24.8 Å². The van der Waals surface area contributed by atoms with Crippen LogP contribution < -0.4 is 5.73 Å². The Balaban J connectivity index is 2.93. The number of hydrogen-bond donors (Lipinski definition) is 1. The summed E-state index contributed by atoms with van der Waals surface area (Å²) in [6.07, 6.45) is 3.97. The molecule has 0 spiro atoms. The van der Waals surface area contributed by atoms with Crippen LogP contribution in [-0.4, -0.2) is 5.54 Å². The lowest BCUT2D eigenvalue weighted by Gasteiger charge is -2.20. The van der Waals surface area contributed by atoms with E-state index in [9.17, 15) is 0 Å². The van der Waals surface area contributed by atoms with E-state index >= 15 is 0 Å². The van der Waals surface area contributed by atoms with Gasteiger partial charge in [-0.05, 0) is 62.8 Å². The van der Waals surface area contributed by atoms with Crippen LogP contribution in [0.25, 0.3) is 6.08 Å². The third-order valence-electron chi connectivity index (χ3n) is 2.97. The molecule has 1 aromatic rings. The molecular weight excluding hydrogens is 194 g/mol. The highest BCUT2D eigenvalue weighted by molar-refractivity contribution is 5.52. The molecule has 0 saturated heterocycles. The molecule has 1 nitrogen and oxygen atoms in total. The van der Waals surface area contributed by atoms with Crippen molar-refractivity contribution in [2.75, 3.05) is 0 Å². The Morgan fingerprint density at radius 1 is 1.25 bits per heavy atom. The van der Waals surface area contributed by atoms with Crippen molar-refractivity contribution in [1.82, 2.24) is 0 Å². The van der Waals surface area contributed by atoms with Crippen molar-refractivity contribution in [3.05, 3.63) is 41.0 Å². The maximum atomic E-state index is 6.02. The zero-order valence-electron chi connectivity index (χ0n) is 10.9. The van der Waals surface area contributed by atoms with Crippen LogP contribution in [0.4, 0.5) is 0 Å². The van der Waals surface area contributed by atoms with Crippen LogP contribution in [0.1, 0.15) is 42.5 Å². The Labute approximate surface area is 99.4 Å². The van der Waals surface area contributed by atoms with E-state index in [-0.39, 0.29) is 5.54 Å². The molecule has 0 aliphatic heterocycles. The molecule has 0 fully saturated rings. The largest absolute Gasteiger partial charge is 0.326 e. The van der Waals surface area contributed by atoms with Crippen LogP contribution in [0.2, 0.25) is 0 Å². The first-order chi connectivity index (χ1) is 7.33. The molecule has 0 amide bonds. The molecule has 88 valence electrons. The van der Waals surface area contributed by atoms with E-state index < -0.39 is 0 Å². The van der Waals surface area contributed by atoms with E-state index in [1.807, 2.05) is 6.08 Å².